The minimum atomic E-state index is -0.381. The summed E-state index contributed by atoms with van der Waals surface area (Å²) in [6.45, 7) is 3.55. The number of carbonyl (C=O) groups excluding carboxylic acids is 2. The van der Waals surface area contributed by atoms with Crippen LogP contribution in [-0.2, 0) is 4.79 Å². The van der Waals surface area contributed by atoms with Crippen molar-refractivity contribution in [3.05, 3.63) is 96.3 Å². The fourth-order valence-corrected chi connectivity index (χ4v) is 3.72. The topological polar surface area (TPSA) is 76.5 Å². The summed E-state index contributed by atoms with van der Waals surface area (Å²) in [4.78, 5) is 27.8. The predicted molar refractivity (Wildman–Crippen MR) is 137 cm³/mol. The first-order chi connectivity index (χ1) is 17.4. The summed E-state index contributed by atoms with van der Waals surface area (Å²) in [7, 11) is 1.56. The predicted octanol–water partition coefficient (Wildman–Crippen LogP) is 5.18. The number of methoxy groups -OCH3 is 1. The van der Waals surface area contributed by atoms with Crippen LogP contribution in [0.5, 0.6) is 5.75 Å². The zero-order valence-electron chi connectivity index (χ0n) is 20.3. The second-order valence-electron chi connectivity index (χ2n) is 8.47. The molecule has 0 saturated carbocycles. The number of rotatable bonds is 8. The monoisotopic (exact) mass is 486 g/mol. The highest BCUT2D eigenvalue weighted by molar-refractivity contribution is 5.99. The first kappa shape index (κ1) is 24.7. The number of amides is 2. The lowest BCUT2D eigenvalue weighted by molar-refractivity contribution is -0.117. The van der Waals surface area contributed by atoms with Crippen LogP contribution in [0, 0.1) is 5.82 Å². The normalized spacial score (nSPS) is 10.8. The highest BCUT2D eigenvalue weighted by Crippen LogP contribution is 2.25. The second-order valence-corrected chi connectivity index (χ2v) is 8.47. The second kappa shape index (κ2) is 10.9. The molecule has 0 aliphatic heterocycles. The van der Waals surface area contributed by atoms with Crippen LogP contribution < -0.4 is 10.1 Å². The van der Waals surface area contributed by atoms with E-state index in [1.807, 2.05) is 44.2 Å². The van der Waals surface area contributed by atoms with Crippen molar-refractivity contribution >= 4 is 17.6 Å². The molecule has 0 atom stereocenters. The summed E-state index contributed by atoms with van der Waals surface area (Å²) in [5.74, 6) is 0.0346. The van der Waals surface area contributed by atoms with Crippen LogP contribution in [0.3, 0.4) is 0 Å². The summed E-state index contributed by atoms with van der Waals surface area (Å²) >= 11 is 0. The molecule has 4 rings (SSSR count). The van der Waals surface area contributed by atoms with Crippen LogP contribution >= 0.6 is 0 Å². The molecule has 1 N–H and O–H groups in total. The summed E-state index contributed by atoms with van der Waals surface area (Å²) in [5, 5.41) is 7.51. The molecule has 0 spiro atoms. The fourth-order valence-electron chi connectivity index (χ4n) is 3.72. The van der Waals surface area contributed by atoms with Crippen molar-refractivity contribution in [3.63, 3.8) is 0 Å². The molecule has 1 heterocycles. The van der Waals surface area contributed by atoms with Crippen molar-refractivity contribution in [1.82, 2.24) is 14.7 Å². The molecule has 4 aromatic rings. The van der Waals surface area contributed by atoms with Gasteiger partial charge < -0.3 is 15.0 Å². The molecule has 0 aliphatic rings. The van der Waals surface area contributed by atoms with Crippen molar-refractivity contribution in [2.75, 3.05) is 19.0 Å². The molecule has 0 radical (unpaired) electrons. The number of ether oxygens (including phenoxy) is 1. The molecular weight excluding hydrogens is 459 g/mol. The van der Waals surface area contributed by atoms with E-state index in [1.165, 1.54) is 17.0 Å². The van der Waals surface area contributed by atoms with Crippen molar-refractivity contribution in [2.24, 2.45) is 0 Å². The lowest BCUT2D eigenvalue weighted by atomic mass is 10.1. The third-order valence-corrected chi connectivity index (χ3v) is 5.65. The third-order valence-electron chi connectivity index (χ3n) is 5.65. The SMILES string of the molecule is COc1ccc(C(=O)N(CC(=O)Nc2cc(-c3ccccc3)nn2-c2ccc(F)cc2)C(C)C)cc1. The third kappa shape index (κ3) is 5.60. The smallest absolute Gasteiger partial charge is 0.254 e. The Kier molecular flexibility index (Phi) is 7.44. The molecule has 0 aliphatic carbocycles. The Hall–Kier alpha value is -4.46. The number of hydrogen-bond donors (Lipinski definition) is 1. The maximum absolute atomic E-state index is 13.5. The van der Waals surface area contributed by atoms with Crippen LogP contribution in [0.1, 0.15) is 24.2 Å². The largest absolute Gasteiger partial charge is 0.497 e. The van der Waals surface area contributed by atoms with Gasteiger partial charge in [-0.05, 0) is 62.4 Å². The lowest BCUT2D eigenvalue weighted by Gasteiger charge is -2.26. The average Bonchev–Trinajstić information content (AvgIpc) is 3.31. The van der Waals surface area contributed by atoms with Crippen LogP contribution in [0.15, 0.2) is 84.9 Å². The molecule has 0 unspecified atom stereocenters. The average molecular weight is 487 g/mol. The van der Waals surface area contributed by atoms with Crippen LogP contribution in [0.25, 0.3) is 16.9 Å². The maximum Gasteiger partial charge on any atom is 0.254 e. The Balaban J connectivity index is 1.59. The number of benzene rings is 3. The Bertz CT molecular complexity index is 1330. The molecule has 1 aromatic heterocycles. The first-order valence-electron chi connectivity index (χ1n) is 11.5. The van der Waals surface area contributed by atoms with Gasteiger partial charge in [0.25, 0.3) is 5.91 Å². The van der Waals surface area contributed by atoms with E-state index in [-0.39, 0.29) is 30.2 Å². The van der Waals surface area contributed by atoms with Gasteiger partial charge in [0.05, 0.1) is 18.5 Å². The summed E-state index contributed by atoms with van der Waals surface area (Å²) < 4.78 is 20.2. The standard InChI is InChI=1S/C28H27FN4O3/c1-19(2)32(28(35)21-9-15-24(36-3)16-10-21)18-27(34)30-26-17-25(20-7-5-4-6-8-20)31-33(26)23-13-11-22(29)12-14-23/h4-17,19H,18H2,1-3H3,(H,30,34). The van der Waals surface area contributed by atoms with E-state index in [4.69, 9.17) is 4.74 Å². The molecule has 0 saturated heterocycles. The van der Waals surface area contributed by atoms with Crippen molar-refractivity contribution < 1.29 is 18.7 Å². The molecule has 0 bridgehead atoms. The lowest BCUT2D eigenvalue weighted by Crippen LogP contribution is -2.42. The van der Waals surface area contributed by atoms with Crippen molar-refractivity contribution in [3.8, 4) is 22.7 Å². The Morgan fingerprint density at radius 3 is 2.28 bits per heavy atom. The summed E-state index contributed by atoms with van der Waals surface area (Å²) in [6, 6.07) is 23.7. The van der Waals surface area contributed by atoms with Crippen LogP contribution in [-0.4, -0.2) is 46.2 Å². The van der Waals surface area contributed by atoms with Crippen LogP contribution in [0.2, 0.25) is 0 Å². The number of nitrogens with one attached hydrogen (secondary N) is 1. The fraction of sp³-hybridized carbons (Fsp3) is 0.179. The molecule has 7 nitrogen and oxygen atoms in total. The van der Waals surface area contributed by atoms with Gasteiger partial charge >= 0.3 is 0 Å². The van der Waals surface area contributed by atoms with E-state index >= 15 is 0 Å². The van der Waals surface area contributed by atoms with Gasteiger partial charge in [0.2, 0.25) is 5.91 Å². The highest BCUT2D eigenvalue weighted by Gasteiger charge is 2.23. The number of anilines is 1. The Labute approximate surface area is 209 Å². The van der Waals surface area contributed by atoms with Crippen molar-refractivity contribution in [1.29, 1.82) is 0 Å². The van der Waals surface area contributed by atoms with E-state index in [0.717, 1.165) is 5.56 Å². The van der Waals surface area contributed by atoms with E-state index in [9.17, 15) is 14.0 Å². The maximum atomic E-state index is 13.5. The zero-order chi connectivity index (χ0) is 25.7. The molecular formula is C28H27FN4O3. The number of nitrogens with zero attached hydrogens (tertiary/aromatic N) is 3. The van der Waals surface area contributed by atoms with E-state index < -0.39 is 0 Å². The number of aromatic nitrogens is 2. The minimum absolute atomic E-state index is 0.155. The van der Waals surface area contributed by atoms with Gasteiger partial charge in [-0.3, -0.25) is 9.59 Å². The minimum Gasteiger partial charge on any atom is -0.497 e. The van der Waals surface area contributed by atoms with Gasteiger partial charge in [-0.2, -0.15) is 5.10 Å². The van der Waals surface area contributed by atoms with Gasteiger partial charge in [0.1, 0.15) is 23.9 Å². The molecule has 8 heteroatoms. The number of carbonyl (C=O) groups is 2. The van der Waals surface area contributed by atoms with E-state index in [0.29, 0.717) is 28.5 Å². The summed E-state index contributed by atoms with van der Waals surface area (Å²) in [5.41, 5.74) is 2.56. The van der Waals surface area contributed by atoms with Gasteiger partial charge in [0, 0.05) is 23.2 Å². The van der Waals surface area contributed by atoms with E-state index in [2.05, 4.69) is 10.4 Å². The Morgan fingerprint density at radius 2 is 1.67 bits per heavy atom. The number of halogens is 1. The molecule has 2 amide bonds. The van der Waals surface area contributed by atoms with E-state index in [1.54, 1.807) is 54.3 Å². The van der Waals surface area contributed by atoms with Crippen LogP contribution in [0.4, 0.5) is 10.2 Å². The summed E-state index contributed by atoms with van der Waals surface area (Å²) in [6.07, 6.45) is 0. The molecule has 0 fully saturated rings. The zero-order valence-corrected chi connectivity index (χ0v) is 20.3. The van der Waals surface area contributed by atoms with Gasteiger partial charge in [0.15, 0.2) is 0 Å². The Morgan fingerprint density at radius 1 is 1.00 bits per heavy atom. The van der Waals surface area contributed by atoms with Gasteiger partial charge in [-0.1, -0.05) is 30.3 Å². The van der Waals surface area contributed by atoms with Gasteiger partial charge in [-0.25, -0.2) is 9.07 Å². The quantitative estimate of drug-likeness (QED) is 0.373. The molecule has 36 heavy (non-hydrogen) atoms. The van der Waals surface area contributed by atoms with Crippen molar-refractivity contribution in [2.45, 2.75) is 19.9 Å². The molecule has 184 valence electrons. The first-order valence-corrected chi connectivity index (χ1v) is 11.5. The number of hydrogen-bond acceptors (Lipinski definition) is 4. The highest BCUT2D eigenvalue weighted by atomic mass is 19.1. The molecule has 3 aromatic carbocycles. The van der Waals surface area contributed by atoms with Gasteiger partial charge in [-0.15, -0.1) is 0 Å².